The molecule has 0 aliphatic rings. The lowest BCUT2D eigenvalue weighted by atomic mass is 9.93. The number of benzene rings is 1. The second kappa shape index (κ2) is 30.4. The summed E-state index contributed by atoms with van der Waals surface area (Å²) in [5.41, 5.74) is 2.90. The van der Waals surface area contributed by atoms with Crippen molar-refractivity contribution in [3.8, 4) is 0 Å². The number of carboxylic acids is 1. The summed E-state index contributed by atoms with van der Waals surface area (Å²) in [5, 5.41) is 16.7. The van der Waals surface area contributed by atoms with Crippen molar-refractivity contribution < 1.29 is 48.1 Å². The molecule has 4 N–H and O–H groups in total. The van der Waals surface area contributed by atoms with Crippen molar-refractivity contribution in [3.05, 3.63) is 59.2 Å². The maximum atomic E-state index is 13.3. The van der Waals surface area contributed by atoms with Crippen LogP contribution in [0.4, 0.5) is 0 Å². The van der Waals surface area contributed by atoms with Crippen molar-refractivity contribution in [1.29, 1.82) is 0 Å². The van der Waals surface area contributed by atoms with Gasteiger partial charge in [-0.05, 0) is 84.8 Å². The number of carbonyl (C=O) groups excluding carboxylic acids is 6. The van der Waals surface area contributed by atoms with Gasteiger partial charge in [0.25, 0.3) is 5.91 Å². The third-order valence-electron chi connectivity index (χ3n) is 10.1. The Kier molecular flexibility index (Phi) is 28.1. The number of thioether (sulfide) groups is 1. The molecule has 5 unspecified atom stereocenters. The van der Waals surface area contributed by atoms with E-state index < -0.39 is 78.8 Å². The molecule has 0 aliphatic carbocycles. The van der Waals surface area contributed by atoms with Crippen LogP contribution in [0.15, 0.2) is 53.6 Å². The Labute approximate surface area is 374 Å². The summed E-state index contributed by atoms with van der Waals surface area (Å²) in [7, 11) is 2.74. The molecule has 1 aromatic rings. The lowest BCUT2D eigenvalue weighted by molar-refractivity contribution is -0.154. The standard InChI is InChI=1S/C39H67N5O10S.C7H8/c1-14-24(5)19-27(8)30(53-22-55-13)17-16-26(7)39(52)54-31(18-23(3)4)35(47)40-28(9)37(49)44(12)21-33(46)43(11)20-32(45)42-34(25(6)15-2)36(48)41-29(10)38(50)51;1-7-5-3-2-4-6-7/h14,16,23,25,27-31,34H,15,17-22H2,1-13H3,(H,40,47)(H,41,48)(H,42,45)(H,50,51);2-6H,1H3/b24-14+,26-16+;/t25?,27-,28?,29?,30?,31+,34?;/m0./s1. The highest BCUT2D eigenvalue weighted by molar-refractivity contribution is 7.98. The number of aliphatic carboxylic acids is 1. The molecular formula is C46H75N5O10S. The Bertz CT molecular complexity index is 1650. The minimum atomic E-state index is -1.23. The summed E-state index contributed by atoms with van der Waals surface area (Å²) in [6.45, 7) is 19.1. The fourth-order valence-electron chi connectivity index (χ4n) is 5.84. The molecule has 0 heterocycles. The van der Waals surface area contributed by atoms with Crippen LogP contribution in [0.5, 0.6) is 0 Å². The molecule has 62 heavy (non-hydrogen) atoms. The maximum absolute atomic E-state index is 13.3. The lowest BCUT2D eigenvalue weighted by Crippen LogP contribution is -2.55. The number of esters is 1. The van der Waals surface area contributed by atoms with Gasteiger partial charge in [0.05, 0.1) is 25.1 Å². The molecule has 5 amide bonds. The SMILES string of the molecule is C/C=C(\C)C[C@H](C)C(C/C=C(\C)C(=O)O[C@H](CC(C)C)C(=O)NC(C)C(=O)N(C)CC(=O)N(C)CC(=O)NC(C(=O)NC(C)C(=O)O)C(C)CC)OCSC.Cc1ccccc1. The number of amides is 5. The first kappa shape index (κ1) is 57.3. The Hall–Kier alpha value is -4.70. The molecule has 0 saturated heterocycles. The summed E-state index contributed by atoms with van der Waals surface area (Å²) >= 11 is 1.57. The van der Waals surface area contributed by atoms with Crippen LogP contribution in [0, 0.1) is 24.7 Å². The molecule has 0 saturated carbocycles. The minimum absolute atomic E-state index is 0.0185. The van der Waals surface area contributed by atoms with E-state index in [0.29, 0.717) is 24.4 Å². The van der Waals surface area contributed by atoms with Gasteiger partial charge >= 0.3 is 11.9 Å². The Morgan fingerprint density at radius 3 is 1.94 bits per heavy atom. The summed E-state index contributed by atoms with van der Waals surface area (Å²) in [6.07, 6.45) is 6.57. The molecule has 0 radical (unpaired) electrons. The average Bonchev–Trinajstić information content (AvgIpc) is 3.21. The van der Waals surface area contributed by atoms with E-state index in [2.05, 4.69) is 54.9 Å². The molecule has 0 aliphatic heterocycles. The van der Waals surface area contributed by atoms with E-state index in [1.54, 1.807) is 31.7 Å². The van der Waals surface area contributed by atoms with Crippen LogP contribution < -0.4 is 16.0 Å². The van der Waals surface area contributed by atoms with Crippen molar-refractivity contribution in [1.82, 2.24) is 25.8 Å². The molecule has 0 fully saturated rings. The fraction of sp³-hybridized carbons (Fsp3) is 0.630. The van der Waals surface area contributed by atoms with Gasteiger partial charge in [-0.1, -0.05) is 94.7 Å². The van der Waals surface area contributed by atoms with Crippen molar-refractivity contribution in [3.63, 3.8) is 0 Å². The van der Waals surface area contributed by atoms with E-state index in [-0.39, 0.29) is 30.3 Å². The lowest BCUT2D eigenvalue weighted by Gasteiger charge is -2.27. The van der Waals surface area contributed by atoms with E-state index in [1.807, 2.05) is 52.1 Å². The minimum Gasteiger partial charge on any atom is -0.480 e. The number of rotatable bonds is 25. The second-order valence-corrected chi connectivity index (χ2v) is 17.2. The van der Waals surface area contributed by atoms with Crippen LogP contribution in [0.25, 0.3) is 0 Å². The van der Waals surface area contributed by atoms with Crippen molar-refractivity contribution in [2.75, 3.05) is 39.4 Å². The fourth-order valence-corrected chi connectivity index (χ4v) is 6.15. The Balaban J connectivity index is 0.00000478. The van der Waals surface area contributed by atoms with Gasteiger partial charge in [0, 0.05) is 19.7 Å². The van der Waals surface area contributed by atoms with Crippen LogP contribution in [0.3, 0.4) is 0 Å². The van der Waals surface area contributed by atoms with E-state index in [9.17, 15) is 33.6 Å². The average molecular weight is 890 g/mol. The molecule has 0 bridgehead atoms. The van der Waals surface area contributed by atoms with Crippen LogP contribution in [-0.2, 0) is 43.0 Å². The highest BCUT2D eigenvalue weighted by Gasteiger charge is 2.31. The molecule has 1 rings (SSSR count). The first-order valence-corrected chi connectivity index (χ1v) is 22.6. The van der Waals surface area contributed by atoms with Crippen LogP contribution in [0.2, 0.25) is 0 Å². The molecule has 1 aromatic carbocycles. The smallest absolute Gasteiger partial charge is 0.334 e. The van der Waals surface area contributed by atoms with Gasteiger partial charge < -0.3 is 40.3 Å². The van der Waals surface area contributed by atoms with Crippen molar-refractivity contribution in [2.24, 2.45) is 17.8 Å². The second-order valence-electron chi connectivity index (χ2n) is 16.4. The molecule has 0 spiro atoms. The number of hydrogen-bond acceptors (Lipinski definition) is 10. The topological polar surface area (TPSA) is 201 Å². The Morgan fingerprint density at radius 2 is 1.44 bits per heavy atom. The zero-order valence-electron chi connectivity index (χ0n) is 39.5. The summed E-state index contributed by atoms with van der Waals surface area (Å²) in [6, 6.07) is 6.99. The normalized spacial score (nSPS) is 15.0. The van der Waals surface area contributed by atoms with Gasteiger partial charge in [-0.25, -0.2) is 4.79 Å². The summed E-state index contributed by atoms with van der Waals surface area (Å²) in [5.74, 6) is -4.65. The van der Waals surface area contributed by atoms with Gasteiger partial charge in [0.1, 0.15) is 18.1 Å². The van der Waals surface area contributed by atoms with Crippen LogP contribution in [0.1, 0.15) is 100 Å². The van der Waals surface area contributed by atoms with Gasteiger partial charge in [0.15, 0.2) is 6.10 Å². The molecule has 0 aromatic heterocycles. The van der Waals surface area contributed by atoms with Gasteiger partial charge in [-0.15, -0.1) is 11.8 Å². The van der Waals surface area contributed by atoms with Gasteiger partial charge in [0.2, 0.25) is 23.6 Å². The van der Waals surface area contributed by atoms with Gasteiger partial charge in [-0.2, -0.15) is 0 Å². The summed E-state index contributed by atoms with van der Waals surface area (Å²) in [4.78, 5) is 91.6. The number of nitrogens with one attached hydrogen (secondary N) is 3. The monoisotopic (exact) mass is 890 g/mol. The third kappa shape index (κ3) is 22.9. The number of ether oxygens (including phenoxy) is 2. The number of allylic oxidation sites excluding steroid dienone is 2. The van der Waals surface area contributed by atoms with Crippen molar-refractivity contribution >= 4 is 53.2 Å². The zero-order valence-corrected chi connectivity index (χ0v) is 40.4. The number of carboxylic acid groups (broad SMARTS) is 1. The van der Waals surface area contributed by atoms with Crippen LogP contribution >= 0.6 is 11.8 Å². The highest BCUT2D eigenvalue weighted by Crippen LogP contribution is 2.22. The quantitative estimate of drug-likeness (QED) is 0.0418. The zero-order chi connectivity index (χ0) is 47.7. The largest absolute Gasteiger partial charge is 0.480 e. The number of aryl methyl sites for hydroxylation is 1. The van der Waals surface area contributed by atoms with E-state index in [4.69, 9.17) is 14.6 Å². The molecule has 7 atom stereocenters. The van der Waals surface area contributed by atoms with Crippen molar-refractivity contribution in [2.45, 2.75) is 132 Å². The first-order chi connectivity index (χ1) is 29.0. The predicted octanol–water partition coefficient (Wildman–Crippen LogP) is 5.52. The molecule has 16 heteroatoms. The van der Waals surface area contributed by atoms with Crippen LogP contribution in [-0.4, -0.2) is 126 Å². The molecular weight excluding hydrogens is 815 g/mol. The summed E-state index contributed by atoms with van der Waals surface area (Å²) < 4.78 is 11.7. The number of hydrogen-bond donors (Lipinski definition) is 4. The predicted molar refractivity (Wildman–Crippen MR) is 245 cm³/mol. The number of carbonyl (C=O) groups is 7. The van der Waals surface area contributed by atoms with Gasteiger partial charge in [-0.3, -0.25) is 28.8 Å². The number of likely N-dealkylation sites (N-methyl/N-ethyl adjacent to an activating group) is 2. The van der Waals surface area contributed by atoms with E-state index in [1.165, 1.54) is 39.1 Å². The maximum Gasteiger partial charge on any atom is 0.334 e. The molecule has 350 valence electrons. The van der Waals surface area contributed by atoms with E-state index >= 15 is 0 Å². The number of nitrogens with zero attached hydrogens (tertiary/aromatic N) is 2. The first-order valence-electron chi connectivity index (χ1n) is 21.2. The highest BCUT2D eigenvalue weighted by atomic mass is 32.2. The Morgan fingerprint density at radius 1 is 0.839 bits per heavy atom. The third-order valence-corrected chi connectivity index (χ3v) is 10.5. The van der Waals surface area contributed by atoms with E-state index in [0.717, 1.165) is 16.2 Å². The molecule has 15 nitrogen and oxygen atoms in total.